The predicted molar refractivity (Wildman–Crippen MR) is 113 cm³/mol. The number of rotatable bonds is 5. The molecule has 0 saturated carbocycles. The lowest BCUT2D eigenvalue weighted by Crippen LogP contribution is -2.57. The molecule has 0 radical (unpaired) electrons. The average molecular weight is 456 g/mol. The molecule has 0 N–H and O–H groups in total. The molecule has 3 heterocycles. The summed E-state index contributed by atoms with van der Waals surface area (Å²) in [6.07, 6.45) is -0.00863. The second kappa shape index (κ2) is 7.57. The molecule has 0 amide bonds. The van der Waals surface area contributed by atoms with Gasteiger partial charge in [0.15, 0.2) is 0 Å². The molecule has 2 aromatic rings. The number of nitrogens with zero attached hydrogens (tertiary/aromatic N) is 2. The molecule has 3 aliphatic rings. The summed E-state index contributed by atoms with van der Waals surface area (Å²) in [4.78, 5) is 13.4. The highest BCUT2D eigenvalue weighted by Crippen LogP contribution is 2.57. The second-order valence-corrected chi connectivity index (χ2v) is 10.4. The molecule has 1 unspecified atom stereocenters. The maximum Gasteiger partial charge on any atom is 0.333 e. The van der Waals surface area contributed by atoms with Crippen molar-refractivity contribution in [1.29, 1.82) is 5.26 Å². The lowest BCUT2D eigenvalue weighted by Gasteiger charge is -2.32. The molecule has 2 bridgehead atoms. The fourth-order valence-corrected chi connectivity index (χ4v) is 7.78. The second-order valence-electron chi connectivity index (χ2n) is 8.32. The highest BCUT2D eigenvalue weighted by atomic mass is 32.2. The molecule has 5 rings (SSSR count). The van der Waals surface area contributed by atoms with E-state index in [-0.39, 0.29) is 36.1 Å². The number of hydrogen-bond donors (Lipinski definition) is 0. The SMILES string of the molecule is N#Cc1ccc(N2C[C@H]3[C@H]4CC[C@H](O4)C3(C(=O)OCc3ccccc3)S2(=O)=O)cc1CF. The molecule has 9 heteroatoms. The van der Waals surface area contributed by atoms with E-state index in [1.165, 1.54) is 18.2 Å². The van der Waals surface area contributed by atoms with Crippen molar-refractivity contribution in [3.63, 3.8) is 0 Å². The molecule has 166 valence electrons. The molecule has 3 aliphatic heterocycles. The van der Waals surface area contributed by atoms with Crippen LogP contribution < -0.4 is 4.31 Å². The average Bonchev–Trinajstić information content (AvgIpc) is 3.48. The number of nitriles is 1. The van der Waals surface area contributed by atoms with E-state index in [4.69, 9.17) is 14.7 Å². The number of anilines is 1. The van der Waals surface area contributed by atoms with Crippen LogP contribution in [-0.2, 0) is 37.6 Å². The number of fused-ring (bicyclic) bond motifs is 5. The van der Waals surface area contributed by atoms with Gasteiger partial charge in [0.2, 0.25) is 4.75 Å². The Kier molecular flexibility index (Phi) is 4.95. The number of carbonyl (C=O) groups excluding carboxylic acids is 1. The van der Waals surface area contributed by atoms with Gasteiger partial charge in [0.05, 0.1) is 29.5 Å². The van der Waals surface area contributed by atoms with E-state index in [9.17, 15) is 17.6 Å². The van der Waals surface area contributed by atoms with Gasteiger partial charge in [-0.15, -0.1) is 0 Å². The fourth-order valence-electron chi connectivity index (χ4n) is 5.28. The van der Waals surface area contributed by atoms with Crippen molar-refractivity contribution in [2.24, 2.45) is 5.92 Å². The highest BCUT2D eigenvalue weighted by molar-refractivity contribution is 7.95. The number of benzene rings is 2. The number of carbonyl (C=O) groups is 1. The van der Waals surface area contributed by atoms with Gasteiger partial charge in [-0.3, -0.25) is 9.10 Å². The molecular weight excluding hydrogens is 435 g/mol. The van der Waals surface area contributed by atoms with Crippen molar-refractivity contribution in [1.82, 2.24) is 0 Å². The number of esters is 1. The molecule has 7 nitrogen and oxygen atoms in total. The first-order valence-electron chi connectivity index (χ1n) is 10.4. The van der Waals surface area contributed by atoms with Crippen LogP contribution in [0.1, 0.15) is 29.5 Å². The summed E-state index contributed by atoms with van der Waals surface area (Å²) in [7, 11) is -4.23. The third kappa shape index (κ3) is 2.79. The first-order chi connectivity index (χ1) is 15.4. The van der Waals surface area contributed by atoms with Crippen molar-refractivity contribution in [3.05, 3.63) is 65.2 Å². The van der Waals surface area contributed by atoms with E-state index in [0.29, 0.717) is 12.8 Å². The minimum atomic E-state index is -4.23. The van der Waals surface area contributed by atoms with E-state index in [1.807, 2.05) is 24.3 Å². The highest BCUT2D eigenvalue weighted by Gasteiger charge is 2.77. The molecular formula is C23H21FN2O5S. The summed E-state index contributed by atoms with van der Waals surface area (Å²) in [5, 5.41) is 9.16. The third-order valence-electron chi connectivity index (χ3n) is 6.78. The predicted octanol–water partition coefficient (Wildman–Crippen LogP) is 2.84. The van der Waals surface area contributed by atoms with Crippen LogP contribution >= 0.6 is 0 Å². The zero-order valence-electron chi connectivity index (χ0n) is 17.1. The van der Waals surface area contributed by atoms with Gasteiger partial charge in [0.1, 0.15) is 13.3 Å². The Bertz CT molecular complexity index is 1210. The quantitative estimate of drug-likeness (QED) is 0.642. The van der Waals surface area contributed by atoms with Crippen LogP contribution in [0.15, 0.2) is 48.5 Å². The lowest BCUT2D eigenvalue weighted by molar-refractivity contribution is -0.150. The van der Waals surface area contributed by atoms with Gasteiger partial charge < -0.3 is 9.47 Å². The standard InChI is InChI=1S/C23H21FN2O5S/c24-11-17-10-18(7-6-16(17)12-25)26-13-19-20-8-9-21(31-20)23(19,32(26,28)29)22(27)30-14-15-4-2-1-3-5-15/h1-7,10,19-21H,8-9,11,13-14H2/t19-,20+,21-,23?/m0/s1. The number of ether oxygens (including phenoxy) is 2. The number of hydrogen-bond acceptors (Lipinski definition) is 6. The van der Waals surface area contributed by atoms with Crippen molar-refractivity contribution < 1.29 is 27.1 Å². The Labute approximate surface area is 185 Å². The summed E-state index contributed by atoms with van der Waals surface area (Å²) in [6, 6.07) is 15.2. The smallest absolute Gasteiger partial charge is 0.333 e. The molecule has 3 saturated heterocycles. The van der Waals surface area contributed by atoms with Crippen LogP contribution in [0.2, 0.25) is 0 Å². The van der Waals surface area contributed by atoms with Gasteiger partial charge in [-0.2, -0.15) is 5.26 Å². The maximum atomic E-state index is 13.9. The summed E-state index contributed by atoms with van der Waals surface area (Å²) >= 11 is 0. The monoisotopic (exact) mass is 456 g/mol. The van der Waals surface area contributed by atoms with Gasteiger partial charge in [-0.25, -0.2) is 12.8 Å². The topological polar surface area (TPSA) is 96.7 Å². The van der Waals surface area contributed by atoms with Crippen LogP contribution in [-0.4, -0.2) is 37.9 Å². The van der Waals surface area contributed by atoms with Crippen LogP contribution in [0, 0.1) is 17.2 Å². The Balaban J connectivity index is 1.53. The summed E-state index contributed by atoms with van der Waals surface area (Å²) in [5.74, 6) is -1.39. The maximum absolute atomic E-state index is 13.9. The Morgan fingerprint density at radius 2 is 2.03 bits per heavy atom. The van der Waals surface area contributed by atoms with Gasteiger partial charge in [-0.1, -0.05) is 30.3 Å². The molecule has 4 atom stereocenters. The van der Waals surface area contributed by atoms with Crippen LogP contribution in [0.3, 0.4) is 0 Å². The van der Waals surface area contributed by atoms with Gasteiger partial charge in [0, 0.05) is 18.0 Å². The van der Waals surface area contributed by atoms with Crippen molar-refractivity contribution in [2.75, 3.05) is 10.8 Å². The Morgan fingerprint density at radius 3 is 2.75 bits per heavy atom. The Morgan fingerprint density at radius 1 is 1.25 bits per heavy atom. The third-order valence-corrected chi connectivity index (χ3v) is 9.31. The number of alkyl halides is 1. The summed E-state index contributed by atoms with van der Waals surface area (Å²) in [5.41, 5.74) is 1.25. The van der Waals surface area contributed by atoms with Crippen LogP contribution in [0.4, 0.5) is 10.1 Å². The van der Waals surface area contributed by atoms with E-state index in [1.54, 1.807) is 12.1 Å². The first kappa shape index (κ1) is 20.9. The van der Waals surface area contributed by atoms with Crippen molar-refractivity contribution in [3.8, 4) is 6.07 Å². The largest absolute Gasteiger partial charge is 0.460 e. The molecule has 3 fully saturated rings. The van der Waals surface area contributed by atoms with Crippen molar-refractivity contribution >= 4 is 21.7 Å². The molecule has 0 aromatic heterocycles. The first-order valence-corrected chi connectivity index (χ1v) is 11.9. The summed E-state index contributed by atoms with van der Waals surface area (Å²) in [6.45, 7) is -0.891. The van der Waals surface area contributed by atoms with Crippen molar-refractivity contribution in [2.45, 2.75) is 43.1 Å². The molecule has 32 heavy (non-hydrogen) atoms. The minimum Gasteiger partial charge on any atom is -0.460 e. The van der Waals surface area contributed by atoms with Gasteiger partial charge >= 0.3 is 5.97 Å². The summed E-state index contributed by atoms with van der Waals surface area (Å²) < 4.78 is 52.0. The van der Waals surface area contributed by atoms with E-state index < -0.39 is 39.4 Å². The van der Waals surface area contributed by atoms with E-state index in [0.717, 1.165) is 9.87 Å². The lowest BCUT2D eigenvalue weighted by atomic mass is 9.78. The van der Waals surface area contributed by atoms with Gasteiger partial charge in [-0.05, 0) is 36.6 Å². The van der Waals surface area contributed by atoms with E-state index >= 15 is 0 Å². The zero-order valence-corrected chi connectivity index (χ0v) is 17.9. The molecule has 2 aromatic carbocycles. The van der Waals surface area contributed by atoms with Crippen LogP contribution in [0.5, 0.6) is 0 Å². The zero-order chi connectivity index (χ0) is 22.5. The fraction of sp³-hybridized carbons (Fsp3) is 0.391. The number of sulfonamides is 1. The molecule has 0 spiro atoms. The molecule has 0 aliphatic carbocycles. The Hall–Kier alpha value is -2.96. The van der Waals surface area contributed by atoms with Gasteiger partial charge in [0.25, 0.3) is 10.0 Å². The number of halogens is 1. The van der Waals surface area contributed by atoms with Crippen LogP contribution in [0.25, 0.3) is 0 Å². The minimum absolute atomic E-state index is 0.0378. The normalized spacial score (nSPS) is 29.5. The van der Waals surface area contributed by atoms with E-state index in [2.05, 4.69) is 0 Å².